The number of phenolic OH excluding ortho intramolecular Hbond substituents is 2. The van der Waals surface area contributed by atoms with Crippen LogP contribution in [0.3, 0.4) is 0 Å². The third kappa shape index (κ3) is 2.84. The van der Waals surface area contributed by atoms with E-state index in [2.05, 4.69) is 24.9 Å². The van der Waals surface area contributed by atoms with Crippen LogP contribution in [0.2, 0.25) is 0 Å². The van der Waals surface area contributed by atoms with E-state index in [1.165, 1.54) is 10.9 Å². The normalized spacial score (nSPS) is 11.1. The van der Waals surface area contributed by atoms with Gasteiger partial charge in [-0.2, -0.15) is 0 Å². The van der Waals surface area contributed by atoms with Crippen molar-refractivity contribution >= 4 is 13.9 Å². The zero-order valence-corrected chi connectivity index (χ0v) is 13.2. The van der Waals surface area contributed by atoms with Gasteiger partial charge >= 0.3 is 0 Å². The molecule has 3 heteroatoms. The zero-order chi connectivity index (χ0) is 15.5. The van der Waals surface area contributed by atoms with E-state index in [0.29, 0.717) is 8.58 Å². The van der Waals surface area contributed by atoms with Gasteiger partial charge in [0.25, 0.3) is 0 Å². The molecule has 0 aliphatic heterocycles. The fourth-order valence-electron chi connectivity index (χ4n) is 2.58. The highest BCUT2D eigenvalue weighted by molar-refractivity contribution is 7.46. The molecule has 2 N–H and O–H groups in total. The Kier molecular flexibility index (Phi) is 4.13. The Bertz CT molecular complexity index is 778. The van der Waals surface area contributed by atoms with E-state index in [-0.39, 0.29) is 11.5 Å². The predicted molar refractivity (Wildman–Crippen MR) is 94.5 cm³/mol. The van der Waals surface area contributed by atoms with Crippen LogP contribution < -0.4 is 5.30 Å². The van der Waals surface area contributed by atoms with E-state index in [9.17, 15) is 10.2 Å². The van der Waals surface area contributed by atoms with Crippen LogP contribution in [0.25, 0.3) is 22.3 Å². The second-order valence-electron chi connectivity index (χ2n) is 5.07. The van der Waals surface area contributed by atoms with Crippen molar-refractivity contribution in [2.75, 3.05) is 6.66 Å². The summed E-state index contributed by atoms with van der Waals surface area (Å²) in [6.07, 6.45) is 0. The minimum Gasteiger partial charge on any atom is -0.508 e. The van der Waals surface area contributed by atoms with Gasteiger partial charge in [0.15, 0.2) is 0 Å². The smallest absolute Gasteiger partial charge is 0.115 e. The molecular weight excluding hydrogens is 291 g/mol. The van der Waals surface area contributed by atoms with Crippen LogP contribution in [0.5, 0.6) is 11.5 Å². The lowest BCUT2D eigenvalue weighted by molar-refractivity contribution is 0.475. The average Bonchev–Trinajstić information content (AvgIpc) is 2.56. The zero-order valence-electron chi connectivity index (χ0n) is 12.2. The van der Waals surface area contributed by atoms with E-state index in [0.717, 1.165) is 16.7 Å². The molecule has 3 rings (SSSR count). The standard InChI is InChI=1S/C19H17O2P/c1-22-18-4-2-3-17(13-5-9-15(20)10-6-13)19(18)14-7-11-16(21)12-8-14/h2-12,20-22H,1H3. The fourth-order valence-corrected chi connectivity index (χ4v) is 3.37. The van der Waals surface area contributed by atoms with Crippen molar-refractivity contribution in [3.05, 3.63) is 66.7 Å². The van der Waals surface area contributed by atoms with Gasteiger partial charge in [-0.1, -0.05) is 51.0 Å². The number of aromatic hydroxyl groups is 2. The summed E-state index contributed by atoms with van der Waals surface area (Å²) in [6.45, 7) is 2.17. The maximum absolute atomic E-state index is 9.52. The Hall–Kier alpha value is -2.31. The molecule has 0 aliphatic carbocycles. The lowest BCUT2D eigenvalue weighted by Crippen LogP contribution is -2.01. The number of hydrogen-bond acceptors (Lipinski definition) is 2. The molecule has 0 fully saturated rings. The van der Waals surface area contributed by atoms with Crippen LogP contribution >= 0.6 is 8.58 Å². The highest BCUT2D eigenvalue weighted by Gasteiger charge is 2.11. The van der Waals surface area contributed by atoms with Gasteiger partial charge < -0.3 is 10.2 Å². The molecule has 22 heavy (non-hydrogen) atoms. The van der Waals surface area contributed by atoms with Crippen molar-refractivity contribution in [2.45, 2.75) is 0 Å². The van der Waals surface area contributed by atoms with Crippen LogP contribution in [0.15, 0.2) is 66.7 Å². The second kappa shape index (κ2) is 6.21. The van der Waals surface area contributed by atoms with E-state index in [1.807, 2.05) is 24.3 Å². The molecule has 1 unspecified atom stereocenters. The van der Waals surface area contributed by atoms with Gasteiger partial charge in [0.2, 0.25) is 0 Å². The van der Waals surface area contributed by atoms with Gasteiger partial charge in [0, 0.05) is 0 Å². The predicted octanol–water partition coefficient (Wildman–Crippen LogP) is 4.37. The van der Waals surface area contributed by atoms with Gasteiger partial charge in [0.1, 0.15) is 11.5 Å². The summed E-state index contributed by atoms with van der Waals surface area (Å²) in [7, 11) is 0.679. The molecule has 0 spiro atoms. The monoisotopic (exact) mass is 308 g/mol. The molecule has 3 aromatic rings. The summed E-state index contributed by atoms with van der Waals surface area (Å²) in [6, 6.07) is 20.9. The molecular formula is C19H17O2P. The van der Waals surface area contributed by atoms with Gasteiger partial charge in [0.05, 0.1) is 0 Å². The third-order valence-corrected chi connectivity index (χ3v) is 4.62. The Balaban J connectivity index is 2.22. The summed E-state index contributed by atoms with van der Waals surface area (Å²) >= 11 is 0. The molecule has 0 heterocycles. The molecule has 0 aromatic heterocycles. The van der Waals surface area contributed by atoms with E-state index in [4.69, 9.17) is 0 Å². The lowest BCUT2D eigenvalue weighted by atomic mass is 9.94. The first-order valence-electron chi connectivity index (χ1n) is 7.08. The highest BCUT2D eigenvalue weighted by Crippen LogP contribution is 2.34. The van der Waals surface area contributed by atoms with Crippen LogP contribution in [0.4, 0.5) is 0 Å². The first-order chi connectivity index (χ1) is 10.7. The van der Waals surface area contributed by atoms with Crippen molar-refractivity contribution in [2.24, 2.45) is 0 Å². The van der Waals surface area contributed by atoms with Gasteiger partial charge in [-0.05, 0) is 58.5 Å². The van der Waals surface area contributed by atoms with Crippen molar-refractivity contribution in [1.82, 2.24) is 0 Å². The Morgan fingerprint density at radius 2 is 1.23 bits per heavy atom. The maximum atomic E-state index is 9.52. The largest absolute Gasteiger partial charge is 0.508 e. The molecule has 0 saturated heterocycles. The van der Waals surface area contributed by atoms with Gasteiger partial charge in [-0.15, -0.1) is 0 Å². The molecule has 1 atom stereocenters. The number of rotatable bonds is 3. The maximum Gasteiger partial charge on any atom is 0.115 e. The van der Waals surface area contributed by atoms with Crippen LogP contribution in [0.1, 0.15) is 0 Å². The van der Waals surface area contributed by atoms with E-state index in [1.54, 1.807) is 24.3 Å². The van der Waals surface area contributed by atoms with Crippen LogP contribution in [0, 0.1) is 0 Å². The fraction of sp³-hybridized carbons (Fsp3) is 0.0526. The second-order valence-corrected chi connectivity index (χ2v) is 6.11. The summed E-state index contributed by atoms with van der Waals surface area (Å²) < 4.78 is 0. The summed E-state index contributed by atoms with van der Waals surface area (Å²) in [5.74, 6) is 0.537. The van der Waals surface area contributed by atoms with Crippen molar-refractivity contribution in [3.63, 3.8) is 0 Å². The van der Waals surface area contributed by atoms with Crippen molar-refractivity contribution in [1.29, 1.82) is 0 Å². The minimum absolute atomic E-state index is 0.267. The highest BCUT2D eigenvalue weighted by atomic mass is 31.1. The molecule has 110 valence electrons. The first kappa shape index (κ1) is 14.6. The average molecular weight is 308 g/mol. The quantitative estimate of drug-likeness (QED) is 0.706. The molecule has 3 aromatic carbocycles. The number of benzene rings is 3. The molecule has 0 saturated carbocycles. The molecule has 0 radical (unpaired) electrons. The number of hydrogen-bond donors (Lipinski definition) is 2. The van der Waals surface area contributed by atoms with E-state index >= 15 is 0 Å². The first-order valence-corrected chi connectivity index (χ1v) is 8.58. The van der Waals surface area contributed by atoms with Crippen LogP contribution in [-0.4, -0.2) is 16.9 Å². The minimum atomic E-state index is 0.267. The molecule has 0 aliphatic rings. The third-order valence-electron chi connectivity index (χ3n) is 3.67. The lowest BCUT2D eigenvalue weighted by Gasteiger charge is -2.15. The topological polar surface area (TPSA) is 40.5 Å². The van der Waals surface area contributed by atoms with Crippen molar-refractivity contribution < 1.29 is 10.2 Å². The molecule has 0 amide bonds. The Morgan fingerprint density at radius 3 is 1.77 bits per heavy atom. The number of phenols is 2. The summed E-state index contributed by atoms with van der Waals surface area (Å²) in [5, 5.41) is 20.3. The van der Waals surface area contributed by atoms with E-state index < -0.39 is 0 Å². The SMILES string of the molecule is CPc1cccc(-c2ccc(O)cc2)c1-c1ccc(O)cc1. The molecule has 0 bridgehead atoms. The van der Waals surface area contributed by atoms with Gasteiger partial charge in [-0.3, -0.25) is 0 Å². The van der Waals surface area contributed by atoms with Gasteiger partial charge in [-0.25, -0.2) is 0 Å². The Labute approximate surface area is 131 Å². The molecule has 2 nitrogen and oxygen atoms in total. The Morgan fingerprint density at radius 1 is 0.682 bits per heavy atom. The van der Waals surface area contributed by atoms with Crippen LogP contribution in [-0.2, 0) is 0 Å². The summed E-state index contributed by atoms with van der Waals surface area (Å²) in [5.41, 5.74) is 4.48. The summed E-state index contributed by atoms with van der Waals surface area (Å²) in [4.78, 5) is 0. The van der Waals surface area contributed by atoms with Crippen molar-refractivity contribution in [3.8, 4) is 33.8 Å².